The van der Waals surface area contributed by atoms with Crippen molar-refractivity contribution < 1.29 is 39.1 Å². The Bertz CT molecular complexity index is 687. The second kappa shape index (κ2) is 10.2. The number of carbonyl (C=O) groups is 2. The van der Waals surface area contributed by atoms with Gasteiger partial charge in [0.1, 0.15) is 0 Å². The van der Waals surface area contributed by atoms with Crippen LogP contribution in [0.1, 0.15) is 25.7 Å². The van der Waals surface area contributed by atoms with Crippen LogP contribution in [0.2, 0.25) is 0 Å². The topological polar surface area (TPSA) is 317 Å². The molecule has 0 aliphatic rings. The van der Waals surface area contributed by atoms with E-state index in [1.54, 1.807) is 0 Å². The molecule has 0 aromatic carbocycles. The maximum Gasteiger partial charge on any atom is 0.700 e. The lowest BCUT2D eigenvalue weighted by molar-refractivity contribution is -0.970. The average Bonchev–Trinajstić information content (AvgIpc) is 2.60. The number of amides is 2. The minimum atomic E-state index is -3.88. The molecule has 0 aromatic heterocycles. The third kappa shape index (κ3) is 5.67. The number of rotatable bonds is 14. The number of nitrogens with one attached hydrogen (secondary N) is 2. The Morgan fingerprint density at radius 1 is 0.548 bits per heavy atom. The molecule has 2 N–H and O–H groups in total. The summed E-state index contributed by atoms with van der Waals surface area (Å²) in [6.45, 7) is -0.803. The zero-order valence-electron chi connectivity index (χ0n) is 14.9. The first-order valence-electron chi connectivity index (χ1n) is 7.56. The number of hydrogen-bond donors (Lipinski definition) is 2. The Balaban J connectivity index is 4.79. The van der Waals surface area contributed by atoms with E-state index in [2.05, 4.69) is 0 Å². The molecule has 0 rings (SSSR count). The second-order valence-corrected chi connectivity index (χ2v) is 5.47. The lowest BCUT2D eigenvalue weighted by Gasteiger charge is -2.10. The van der Waals surface area contributed by atoms with Gasteiger partial charge in [-0.1, -0.05) is 0 Å². The van der Waals surface area contributed by atoms with Crippen molar-refractivity contribution in [2.45, 2.75) is 37.3 Å². The number of hydrogen-bond acceptors (Lipinski definition) is 14. The van der Waals surface area contributed by atoms with Crippen LogP contribution in [0.4, 0.5) is 0 Å². The molecule has 172 valence electrons. The first-order valence-corrected chi connectivity index (χ1v) is 7.56. The molecule has 0 radical (unpaired) electrons. The van der Waals surface area contributed by atoms with Crippen molar-refractivity contribution in [2.75, 3.05) is 6.67 Å². The van der Waals surface area contributed by atoms with Crippen LogP contribution in [0, 0.1) is 60.7 Å². The van der Waals surface area contributed by atoms with Gasteiger partial charge in [0.05, 0.1) is 6.67 Å². The summed E-state index contributed by atoms with van der Waals surface area (Å²) in [6, 6.07) is 0. The predicted octanol–water partition coefficient (Wildman–Crippen LogP) is -2.30. The molecule has 0 fully saturated rings. The van der Waals surface area contributed by atoms with Crippen molar-refractivity contribution in [3.05, 3.63) is 60.7 Å². The minimum absolute atomic E-state index is 0.803. The number of nitro groups is 6. The zero-order valence-corrected chi connectivity index (χ0v) is 14.9. The molecule has 0 aliphatic heterocycles. The van der Waals surface area contributed by atoms with Gasteiger partial charge < -0.3 is 10.6 Å². The van der Waals surface area contributed by atoms with Crippen molar-refractivity contribution in [3.63, 3.8) is 0 Å². The van der Waals surface area contributed by atoms with Crippen LogP contribution in [-0.2, 0) is 9.59 Å². The highest BCUT2D eigenvalue weighted by Gasteiger charge is 2.70. The van der Waals surface area contributed by atoms with Crippen molar-refractivity contribution >= 4 is 11.8 Å². The fourth-order valence-electron chi connectivity index (χ4n) is 1.93. The molecule has 0 aromatic rings. The van der Waals surface area contributed by atoms with Gasteiger partial charge in [-0.2, -0.15) is 0 Å². The Kier molecular flexibility index (Phi) is 8.68. The molecule has 0 unspecified atom stereocenters. The van der Waals surface area contributed by atoms with Crippen LogP contribution in [0.3, 0.4) is 0 Å². The quantitative estimate of drug-likeness (QED) is 0.158. The molecule has 0 saturated carbocycles. The predicted molar refractivity (Wildman–Crippen MR) is 87.0 cm³/mol. The van der Waals surface area contributed by atoms with Gasteiger partial charge in [-0.15, -0.1) is 0 Å². The maximum absolute atomic E-state index is 11.5. The Morgan fingerprint density at radius 2 is 0.774 bits per heavy atom. The van der Waals surface area contributed by atoms with Crippen molar-refractivity contribution in [3.8, 4) is 0 Å². The van der Waals surface area contributed by atoms with Crippen LogP contribution in [0.25, 0.3) is 0 Å². The smallest absolute Gasteiger partial charge is 0.339 e. The zero-order chi connectivity index (χ0) is 24.6. The maximum atomic E-state index is 11.5. The standard InChI is InChI=1S/C9H12N8O14/c18-6(1-3-8(12(20)21,13(22)23)14(24)25)10-5-11-7(19)2-4-9(15(26)27,16(28)29)17(30)31/h1-5H2,(H,10,18)(H,11,19). The lowest BCUT2D eigenvalue weighted by atomic mass is 10.2. The molecule has 0 saturated heterocycles. The molecule has 22 nitrogen and oxygen atoms in total. The third-order valence-electron chi connectivity index (χ3n) is 3.70. The molecule has 0 spiro atoms. The van der Waals surface area contributed by atoms with E-state index in [1.165, 1.54) is 0 Å². The molecule has 0 bridgehead atoms. The Hall–Kier alpha value is -4.66. The average molecular weight is 456 g/mol. The highest BCUT2D eigenvalue weighted by atomic mass is 16.7. The van der Waals surface area contributed by atoms with Gasteiger partial charge in [-0.25, -0.2) is 0 Å². The van der Waals surface area contributed by atoms with E-state index in [0.717, 1.165) is 0 Å². The SMILES string of the molecule is O=C(CCC([N+](=O)[O-])([N+](=O)[O-])[N+](=O)[O-])NCNC(=O)CCC([N+](=O)[O-])([N+](=O)[O-])[N+](=O)[O-]. The molecule has 0 heterocycles. The number of carbonyl (C=O) groups excluding carboxylic acids is 2. The molecule has 0 aliphatic carbocycles. The van der Waals surface area contributed by atoms with E-state index < -0.39 is 85.3 Å². The Morgan fingerprint density at radius 3 is 0.968 bits per heavy atom. The Labute approximate surface area is 167 Å². The van der Waals surface area contributed by atoms with E-state index in [9.17, 15) is 70.3 Å². The normalized spacial score (nSPS) is 11.1. The summed E-state index contributed by atoms with van der Waals surface area (Å²) in [5.41, 5.74) is 0. The molecule has 2 amide bonds. The van der Waals surface area contributed by atoms with Gasteiger partial charge >= 0.3 is 11.6 Å². The van der Waals surface area contributed by atoms with E-state index in [4.69, 9.17) is 0 Å². The van der Waals surface area contributed by atoms with E-state index in [-0.39, 0.29) is 0 Å². The largest absolute Gasteiger partial charge is 0.700 e. The van der Waals surface area contributed by atoms with Crippen LogP contribution < -0.4 is 10.6 Å². The summed E-state index contributed by atoms with van der Waals surface area (Å²) in [6.07, 6.45) is -5.08. The third-order valence-corrected chi connectivity index (χ3v) is 3.70. The van der Waals surface area contributed by atoms with E-state index >= 15 is 0 Å². The van der Waals surface area contributed by atoms with Crippen LogP contribution in [0.15, 0.2) is 0 Å². The van der Waals surface area contributed by atoms with Crippen LogP contribution >= 0.6 is 0 Å². The molecular weight excluding hydrogens is 444 g/mol. The first kappa shape index (κ1) is 26.3. The highest BCUT2D eigenvalue weighted by molar-refractivity contribution is 5.78. The first-order chi connectivity index (χ1) is 14.2. The monoisotopic (exact) mass is 456 g/mol. The second-order valence-electron chi connectivity index (χ2n) is 5.47. The van der Waals surface area contributed by atoms with Gasteiger partial charge in [0.15, 0.2) is 42.4 Å². The lowest BCUT2D eigenvalue weighted by Crippen LogP contribution is -2.54. The minimum Gasteiger partial charge on any atom is -0.339 e. The summed E-state index contributed by atoms with van der Waals surface area (Å²) in [4.78, 5) is 76.5. The summed E-state index contributed by atoms with van der Waals surface area (Å²) in [7, 11) is 0. The van der Waals surface area contributed by atoms with Gasteiger partial charge in [-0.3, -0.25) is 70.3 Å². The molecular formula is C9H12N8O14. The summed E-state index contributed by atoms with van der Waals surface area (Å²) in [5, 5.41) is 67.9. The van der Waals surface area contributed by atoms with Crippen molar-refractivity contribution in [2.24, 2.45) is 0 Å². The van der Waals surface area contributed by atoms with E-state index in [0.29, 0.717) is 0 Å². The van der Waals surface area contributed by atoms with Gasteiger partial charge in [0.2, 0.25) is 11.8 Å². The van der Waals surface area contributed by atoms with Crippen molar-refractivity contribution in [1.82, 2.24) is 10.6 Å². The van der Waals surface area contributed by atoms with Gasteiger partial charge in [0.25, 0.3) is 0 Å². The number of nitrogens with zero attached hydrogens (tertiary/aromatic N) is 6. The van der Waals surface area contributed by atoms with Crippen LogP contribution in [0.5, 0.6) is 0 Å². The summed E-state index contributed by atoms with van der Waals surface area (Å²) < 4.78 is 0. The molecule has 22 heteroatoms. The summed E-state index contributed by atoms with van der Waals surface area (Å²) >= 11 is 0. The molecule has 0 atom stereocenters. The highest BCUT2D eigenvalue weighted by Crippen LogP contribution is 2.20. The van der Waals surface area contributed by atoms with Gasteiger partial charge in [0, 0.05) is 12.8 Å². The molecule has 31 heavy (non-hydrogen) atoms. The summed E-state index contributed by atoms with van der Waals surface area (Å²) in [5.74, 6) is -10.2. The van der Waals surface area contributed by atoms with Crippen molar-refractivity contribution in [1.29, 1.82) is 0 Å². The fourth-order valence-corrected chi connectivity index (χ4v) is 1.93. The van der Waals surface area contributed by atoms with E-state index in [1.807, 2.05) is 10.6 Å². The van der Waals surface area contributed by atoms with Gasteiger partial charge in [-0.05, 0) is 0 Å². The van der Waals surface area contributed by atoms with Crippen LogP contribution in [-0.4, -0.2) is 59.6 Å². The fraction of sp³-hybridized carbons (Fsp3) is 0.778.